The van der Waals surface area contributed by atoms with Crippen molar-refractivity contribution in [1.29, 1.82) is 0 Å². The van der Waals surface area contributed by atoms with Crippen molar-refractivity contribution >= 4 is 9.04 Å². The van der Waals surface area contributed by atoms with Crippen molar-refractivity contribution in [3.05, 3.63) is 0 Å². The van der Waals surface area contributed by atoms with E-state index in [1.807, 2.05) is 0 Å². The maximum absolute atomic E-state index is 5.82. The Kier molecular flexibility index (Phi) is 14.3. The van der Waals surface area contributed by atoms with Gasteiger partial charge in [-0.1, -0.05) is 103 Å². The Labute approximate surface area is 155 Å². The summed E-state index contributed by atoms with van der Waals surface area (Å²) >= 11 is 0. The molecule has 2 heteroatoms. The third kappa shape index (κ3) is 11.7. The predicted molar refractivity (Wildman–Crippen MR) is 110 cm³/mol. The molecule has 1 rings (SSSR count). The van der Waals surface area contributed by atoms with Crippen LogP contribution in [0.1, 0.15) is 110 Å². The monoisotopic (exact) mass is 353 g/mol. The highest BCUT2D eigenvalue weighted by molar-refractivity contribution is 6.48. The number of hydrogen-bond acceptors (Lipinski definition) is 1. The minimum absolute atomic E-state index is 0.482. The summed E-state index contributed by atoms with van der Waals surface area (Å²) in [4.78, 5) is 0. The third-order valence-electron chi connectivity index (χ3n) is 5.85. The summed E-state index contributed by atoms with van der Waals surface area (Å²) < 4.78 is 5.82. The highest BCUT2D eigenvalue weighted by Gasteiger charge is 2.22. The molecule has 1 radical (unpaired) electrons. The molecule has 1 aliphatic carbocycles. The molecule has 0 aromatic rings. The van der Waals surface area contributed by atoms with Gasteiger partial charge in [0.15, 0.2) is 0 Å². The first-order chi connectivity index (χ1) is 11.7. The summed E-state index contributed by atoms with van der Waals surface area (Å²) in [5.74, 6) is 2.07. The van der Waals surface area contributed by atoms with Gasteiger partial charge in [0.2, 0.25) is 9.04 Å². The molecule has 1 aliphatic rings. The summed E-state index contributed by atoms with van der Waals surface area (Å²) in [5, 5.41) is 0. The largest absolute Gasteiger partial charge is 0.417 e. The van der Waals surface area contributed by atoms with Crippen LogP contribution in [-0.4, -0.2) is 15.6 Å². The lowest BCUT2D eigenvalue weighted by Gasteiger charge is -2.30. The van der Waals surface area contributed by atoms with Gasteiger partial charge in [0.05, 0.1) is 0 Å². The molecular weight excluding hydrogens is 308 g/mol. The maximum atomic E-state index is 5.82. The van der Waals surface area contributed by atoms with E-state index in [0.29, 0.717) is 0 Å². The fourth-order valence-electron chi connectivity index (χ4n) is 4.37. The summed E-state index contributed by atoms with van der Waals surface area (Å²) in [6.45, 7) is 7.81. The SMILES string of the molecule is CCCCCCCCCC(CCCCO[Si](C)C)C1CCCCC1. The van der Waals surface area contributed by atoms with E-state index < -0.39 is 9.04 Å². The van der Waals surface area contributed by atoms with Crippen molar-refractivity contribution in [1.82, 2.24) is 0 Å². The average molecular weight is 354 g/mol. The lowest BCUT2D eigenvalue weighted by Crippen LogP contribution is -2.18. The van der Waals surface area contributed by atoms with Crippen LogP contribution in [-0.2, 0) is 4.43 Å². The van der Waals surface area contributed by atoms with E-state index in [1.165, 1.54) is 103 Å². The number of rotatable bonds is 15. The first-order valence-electron chi connectivity index (χ1n) is 11.2. The average Bonchev–Trinajstić information content (AvgIpc) is 2.59. The minimum atomic E-state index is -0.482. The van der Waals surface area contributed by atoms with Gasteiger partial charge in [0.1, 0.15) is 0 Å². The molecule has 1 fully saturated rings. The van der Waals surface area contributed by atoms with Gasteiger partial charge in [-0.05, 0) is 31.4 Å². The molecule has 0 aromatic heterocycles. The van der Waals surface area contributed by atoms with Crippen molar-refractivity contribution in [2.75, 3.05) is 6.61 Å². The molecule has 0 saturated heterocycles. The van der Waals surface area contributed by atoms with Crippen molar-refractivity contribution in [2.24, 2.45) is 11.8 Å². The zero-order valence-corrected chi connectivity index (χ0v) is 18.1. The van der Waals surface area contributed by atoms with Gasteiger partial charge in [-0.3, -0.25) is 0 Å². The molecule has 24 heavy (non-hydrogen) atoms. The van der Waals surface area contributed by atoms with Crippen LogP contribution in [0.4, 0.5) is 0 Å². The smallest absolute Gasteiger partial charge is 0.204 e. The Morgan fingerprint density at radius 2 is 1.38 bits per heavy atom. The van der Waals surface area contributed by atoms with E-state index in [9.17, 15) is 0 Å². The molecule has 0 N–H and O–H groups in total. The van der Waals surface area contributed by atoms with E-state index in [0.717, 1.165) is 18.4 Å². The molecule has 1 atom stereocenters. The normalized spacial score (nSPS) is 17.5. The zero-order chi connectivity index (χ0) is 17.5. The summed E-state index contributed by atoms with van der Waals surface area (Å²) in [7, 11) is -0.482. The second-order valence-electron chi connectivity index (χ2n) is 8.32. The molecule has 0 amide bonds. The molecule has 0 aromatic carbocycles. The zero-order valence-electron chi connectivity index (χ0n) is 17.1. The van der Waals surface area contributed by atoms with Crippen LogP contribution in [0, 0.1) is 11.8 Å². The van der Waals surface area contributed by atoms with Gasteiger partial charge >= 0.3 is 0 Å². The Hall–Kier alpha value is 0.177. The van der Waals surface area contributed by atoms with Gasteiger partial charge in [0, 0.05) is 6.61 Å². The fourth-order valence-corrected chi connectivity index (χ4v) is 4.92. The number of unbranched alkanes of at least 4 members (excludes halogenated alkanes) is 7. The van der Waals surface area contributed by atoms with Crippen molar-refractivity contribution in [3.8, 4) is 0 Å². The minimum Gasteiger partial charge on any atom is -0.417 e. The first-order valence-corrected chi connectivity index (χ1v) is 13.6. The van der Waals surface area contributed by atoms with Crippen molar-refractivity contribution in [3.63, 3.8) is 0 Å². The standard InChI is InChI=1S/C22H45OSi/c1-4-5-6-7-8-9-11-16-22(21-17-12-10-13-18-21)19-14-15-20-23-24(2)3/h21-22H,4-20H2,1-3H3. The number of hydrogen-bond donors (Lipinski definition) is 0. The van der Waals surface area contributed by atoms with E-state index in [1.54, 1.807) is 0 Å². The Morgan fingerprint density at radius 1 is 0.792 bits per heavy atom. The van der Waals surface area contributed by atoms with Gasteiger partial charge in [-0.25, -0.2) is 0 Å². The quantitative estimate of drug-likeness (QED) is 0.216. The first kappa shape index (κ1) is 22.2. The summed E-state index contributed by atoms with van der Waals surface area (Å²) in [6.07, 6.45) is 23.4. The van der Waals surface area contributed by atoms with Crippen LogP contribution in [0.15, 0.2) is 0 Å². The summed E-state index contributed by atoms with van der Waals surface area (Å²) in [6, 6.07) is 0. The molecule has 143 valence electrons. The lowest BCUT2D eigenvalue weighted by molar-refractivity contribution is 0.210. The molecule has 1 saturated carbocycles. The van der Waals surface area contributed by atoms with Crippen LogP contribution in [0.2, 0.25) is 13.1 Å². The predicted octanol–water partition coefficient (Wildman–Crippen LogP) is 7.76. The molecule has 0 aliphatic heterocycles. The molecule has 0 spiro atoms. The van der Waals surface area contributed by atoms with Crippen LogP contribution in [0.5, 0.6) is 0 Å². The maximum Gasteiger partial charge on any atom is 0.204 e. The van der Waals surface area contributed by atoms with Crippen molar-refractivity contribution in [2.45, 2.75) is 123 Å². The van der Waals surface area contributed by atoms with Gasteiger partial charge in [0.25, 0.3) is 0 Å². The molecule has 1 unspecified atom stereocenters. The third-order valence-corrected chi connectivity index (χ3v) is 6.64. The second-order valence-corrected chi connectivity index (χ2v) is 10.4. The van der Waals surface area contributed by atoms with E-state index in [4.69, 9.17) is 4.43 Å². The lowest BCUT2D eigenvalue weighted by atomic mass is 9.75. The van der Waals surface area contributed by atoms with Crippen LogP contribution in [0.3, 0.4) is 0 Å². The molecule has 0 bridgehead atoms. The fraction of sp³-hybridized carbons (Fsp3) is 1.00. The highest BCUT2D eigenvalue weighted by Crippen LogP contribution is 2.35. The molecule has 0 heterocycles. The molecular formula is C22H45OSi. The van der Waals surface area contributed by atoms with Crippen molar-refractivity contribution < 1.29 is 4.43 Å². The van der Waals surface area contributed by atoms with Gasteiger partial charge in [-0.2, -0.15) is 0 Å². The Bertz CT molecular complexity index is 261. The van der Waals surface area contributed by atoms with Crippen LogP contribution < -0.4 is 0 Å². The Balaban J connectivity index is 2.17. The topological polar surface area (TPSA) is 9.23 Å². The second kappa shape index (κ2) is 15.4. The van der Waals surface area contributed by atoms with E-state index in [-0.39, 0.29) is 0 Å². The Morgan fingerprint density at radius 3 is 2.00 bits per heavy atom. The van der Waals surface area contributed by atoms with E-state index >= 15 is 0 Å². The summed E-state index contributed by atoms with van der Waals surface area (Å²) in [5.41, 5.74) is 0. The molecule has 1 nitrogen and oxygen atoms in total. The van der Waals surface area contributed by atoms with Crippen LogP contribution in [0.25, 0.3) is 0 Å². The van der Waals surface area contributed by atoms with Gasteiger partial charge < -0.3 is 4.43 Å². The van der Waals surface area contributed by atoms with E-state index in [2.05, 4.69) is 20.0 Å². The van der Waals surface area contributed by atoms with Gasteiger partial charge in [-0.15, -0.1) is 0 Å². The highest BCUT2D eigenvalue weighted by atomic mass is 28.3. The van der Waals surface area contributed by atoms with Crippen LogP contribution >= 0.6 is 0 Å².